The second-order valence-electron chi connectivity index (χ2n) is 5.22. The van der Waals surface area contributed by atoms with Gasteiger partial charge in [0.2, 0.25) is 0 Å². The van der Waals surface area contributed by atoms with Crippen LogP contribution in [0.1, 0.15) is 29.8 Å². The van der Waals surface area contributed by atoms with Crippen LogP contribution in [-0.4, -0.2) is 9.78 Å². The van der Waals surface area contributed by atoms with E-state index in [2.05, 4.69) is 53.8 Å². The summed E-state index contributed by atoms with van der Waals surface area (Å²) in [5.41, 5.74) is 7.43. The molecule has 0 bridgehead atoms. The van der Waals surface area contributed by atoms with E-state index in [4.69, 9.17) is 5.84 Å². The summed E-state index contributed by atoms with van der Waals surface area (Å²) in [6.45, 7) is 2.15. The highest BCUT2D eigenvalue weighted by atomic mass is 15.3. The molecule has 0 aliphatic rings. The first-order valence-corrected chi connectivity index (χ1v) is 7.21. The Morgan fingerprint density at radius 3 is 2.76 bits per heavy atom. The summed E-state index contributed by atoms with van der Waals surface area (Å²) < 4.78 is 1.90. The van der Waals surface area contributed by atoms with Crippen molar-refractivity contribution in [3.63, 3.8) is 0 Å². The van der Waals surface area contributed by atoms with Gasteiger partial charge in [-0.15, -0.1) is 0 Å². The van der Waals surface area contributed by atoms with E-state index in [0.717, 1.165) is 28.6 Å². The monoisotopic (exact) mass is 280 g/mol. The molecule has 0 saturated heterocycles. The third-order valence-electron chi connectivity index (χ3n) is 3.92. The van der Waals surface area contributed by atoms with Crippen molar-refractivity contribution in [2.75, 3.05) is 0 Å². The molecule has 0 fully saturated rings. The van der Waals surface area contributed by atoms with E-state index in [0.29, 0.717) is 0 Å². The molecule has 2 aromatic carbocycles. The number of hydrogen-bond acceptors (Lipinski definition) is 3. The van der Waals surface area contributed by atoms with Crippen molar-refractivity contribution in [2.24, 2.45) is 12.9 Å². The molecule has 0 saturated carbocycles. The van der Waals surface area contributed by atoms with Crippen molar-refractivity contribution in [1.29, 1.82) is 0 Å². The zero-order valence-corrected chi connectivity index (χ0v) is 12.4. The molecule has 0 aliphatic heterocycles. The Morgan fingerprint density at radius 1 is 1.19 bits per heavy atom. The van der Waals surface area contributed by atoms with E-state index in [1.807, 2.05) is 23.9 Å². The van der Waals surface area contributed by atoms with Crippen molar-refractivity contribution in [3.8, 4) is 0 Å². The predicted molar refractivity (Wildman–Crippen MR) is 85.7 cm³/mol. The first-order valence-electron chi connectivity index (χ1n) is 7.21. The van der Waals surface area contributed by atoms with Crippen molar-refractivity contribution in [2.45, 2.75) is 19.4 Å². The first kappa shape index (κ1) is 13.8. The highest BCUT2D eigenvalue weighted by Crippen LogP contribution is 2.28. The SMILES string of the molecule is CCc1cccc(C(NN)c2nn(C)c3ccccc23)c1. The van der Waals surface area contributed by atoms with Crippen LogP contribution in [-0.2, 0) is 13.5 Å². The van der Waals surface area contributed by atoms with Crippen LogP contribution in [0.2, 0.25) is 0 Å². The minimum absolute atomic E-state index is 0.109. The second kappa shape index (κ2) is 5.68. The number of nitrogens with two attached hydrogens (primary N) is 1. The van der Waals surface area contributed by atoms with Gasteiger partial charge in [-0.05, 0) is 23.6 Å². The Labute approximate surface area is 124 Å². The Hall–Kier alpha value is -2.17. The minimum Gasteiger partial charge on any atom is -0.271 e. The summed E-state index contributed by atoms with van der Waals surface area (Å²) in [7, 11) is 1.96. The van der Waals surface area contributed by atoms with Gasteiger partial charge < -0.3 is 0 Å². The molecule has 3 N–H and O–H groups in total. The van der Waals surface area contributed by atoms with Crippen LogP contribution in [0.5, 0.6) is 0 Å². The van der Waals surface area contributed by atoms with Crippen molar-refractivity contribution in [3.05, 3.63) is 65.4 Å². The van der Waals surface area contributed by atoms with Crippen LogP contribution in [0.25, 0.3) is 10.9 Å². The minimum atomic E-state index is -0.109. The molecule has 4 heteroatoms. The lowest BCUT2D eigenvalue weighted by Gasteiger charge is -2.15. The molecular weight excluding hydrogens is 260 g/mol. The third-order valence-corrected chi connectivity index (χ3v) is 3.92. The Morgan fingerprint density at radius 2 is 2.00 bits per heavy atom. The number of hydrogen-bond donors (Lipinski definition) is 2. The maximum atomic E-state index is 5.83. The van der Waals surface area contributed by atoms with Gasteiger partial charge in [-0.2, -0.15) is 5.10 Å². The first-order chi connectivity index (χ1) is 10.2. The second-order valence-corrected chi connectivity index (χ2v) is 5.22. The summed E-state index contributed by atoms with van der Waals surface area (Å²) in [6.07, 6.45) is 1.01. The zero-order valence-electron chi connectivity index (χ0n) is 12.4. The van der Waals surface area contributed by atoms with Crippen LogP contribution in [0.3, 0.4) is 0 Å². The van der Waals surface area contributed by atoms with Gasteiger partial charge in [0.25, 0.3) is 0 Å². The van der Waals surface area contributed by atoms with Gasteiger partial charge in [-0.1, -0.05) is 49.4 Å². The molecule has 0 radical (unpaired) electrons. The van der Waals surface area contributed by atoms with Crippen LogP contribution in [0.15, 0.2) is 48.5 Å². The average molecular weight is 280 g/mol. The largest absolute Gasteiger partial charge is 0.271 e. The number of para-hydroxylation sites is 1. The van der Waals surface area contributed by atoms with Gasteiger partial charge in [0.15, 0.2) is 0 Å². The van der Waals surface area contributed by atoms with E-state index in [1.165, 1.54) is 5.56 Å². The molecule has 1 aromatic heterocycles. The van der Waals surface area contributed by atoms with Crippen LogP contribution in [0.4, 0.5) is 0 Å². The van der Waals surface area contributed by atoms with Gasteiger partial charge in [0.1, 0.15) is 0 Å². The molecule has 3 aromatic rings. The number of aryl methyl sites for hydroxylation is 2. The summed E-state index contributed by atoms with van der Waals surface area (Å²) in [5, 5.41) is 5.80. The molecule has 1 atom stereocenters. The predicted octanol–water partition coefficient (Wildman–Crippen LogP) is 2.69. The molecule has 1 unspecified atom stereocenters. The van der Waals surface area contributed by atoms with E-state index in [1.54, 1.807) is 0 Å². The molecule has 1 heterocycles. The van der Waals surface area contributed by atoms with Gasteiger partial charge in [-0.25, -0.2) is 5.43 Å². The number of nitrogens with one attached hydrogen (secondary N) is 1. The molecule has 0 aliphatic carbocycles. The summed E-state index contributed by atoms with van der Waals surface area (Å²) >= 11 is 0. The fourth-order valence-corrected chi connectivity index (χ4v) is 2.78. The Bertz CT molecular complexity index is 760. The van der Waals surface area contributed by atoms with Crippen molar-refractivity contribution in [1.82, 2.24) is 15.2 Å². The molecule has 4 nitrogen and oxygen atoms in total. The van der Waals surface area contributed by atoms with Crippen LogP contribution >= 0.6 is 0 Å². The number of rotatable bonds is 4. The van der Waals surface area contributed by atoms with Crippen molar-refractivity contribution >= 4 is 10.9 Å². The maximum Gasteiger partial charge on any atom is 0.0930 e. The van der Waals surface area contributed by atoms with Crippen LogP contribution in [0, 0.1) is 0 Å². The van der Waals surface area contributed by atoms with Gasteiger partial charge >= 0.3 is 0 Å². The van der Waals surface area contributed by atoms with E-state index < -0.39 is 0 Å². The molecular formula is C17H20N4. The number of fused-ring (bicyclic) bond motifs is 1. The normalized spacial score (nSPS) is 12.7. The smallest absolute Gasteiger partial charge is 0.0930 e. The lowest BCUT2D eigenvalue weighted by molar-refractivity contribution is 0.607. The number of benzene rings is 2. The quantitative estimate of drug-likeness (QED) is 0.570. The maximum absolute atomic E-state index is 5.83. The van der Waals surface area contributed by atoms with E-state index in [-0.39, 0.29) is 6.04 Å². The fourth-order valence-electron chi connectivity index (χ4n) is 2.78. The highest BCUT2D eigenvalue weighted by Gasteiger charge is 2.19. The molecule has 0 amide bonds. The number of nitrogens with zero attached hydrogens (tertiary/aromatic N) is 2. The topological polar surface area (TPSA) is 55.9 Å². The summed E-state index contributed by atoms with van der Waals surface area (Å²) in [5.74, 6) is 5.83. The van der Waals surface area contributed by atoms with E-state index in [9.17, 15) is 0 Å². The summed E-state index contributed by atoms with van der Waals surface area (Å²) in [4.78, 5) is 0. The standard InChI is InChI=1S/C17H20N4/c1-3-12-7-6-8-13(11-12)16(19-18)17-14-9-4-5-10-15(14)21(2)20-17/h4-11,16,19H,3,18H2,1-2H3. The summed E-state index contributed by atoms with van der Waals surface area (Å²) in [6, 6.07) is 16.6. The lowest BCUT2D eigenvalue weighted by Crippen LogP contribution is -2.29. The molecule has 0 spiro atoms. The molecule has 21 heavy (non-hydrogen) atoms. The zero-order chi connectivity index (χ0) is 14.8. The highest BCUT2D eigenvalue weighted by molar-refractivity contribution is 5.82. The number of aromatic nitrogens is 2. The average Bonchev–Trinajstić information content (AvgIpc) is 2.86. The van der Waals surface area contributed by atoms with Gasteiger partial charge in [0.05, 0.1) is 17.3 Å². The fraction of sp³-hybridized carbons (Fsp3) is 0.235. The van der Waals surface area contributed by atoms with Gasteiger partial charge in [-0.3, -0.25) is 10.5 Å². The van der Waals surface area contributed by atoms with Crippen LogP contribution < -0.4 is 11.3 Å². The van der Waals surface area contributed by atoms with Crippen molar-refractivity contribution < 1.29 is 0 Å². The molecule has 3 rings (SSSR count). The number of hydrazine groups is 1. The Balaban J connectivity index is 2.14. The Kier molecular flexibility index (Phi) is 3.73. The van der Waals surface area contributed by atoms with Gasteiger partial charge in [0, 0.05) is 12.4 Å². The van der Waals surface area contributed by atoms with E-state index >= 15 is 0 Å². The third kappa shape index (κ3) is 2.44. The lowest BCUT2D eigenvalue weighted by atomic mass is 9.99. The molecule has 108 valence electrons.